The first kappa shape index (κ1) is 27.9. The lowest BCUT2D eigenvalue weighted by Gasteiger charge is -2.11. The first-order valence-corrected chi connectivity index (χ1v) is 11.1. The molecule has 0 spiro atoms. The van der Waals surface area contributed by atoms with Crippen LogP contribution in [0.5, 0.6) is 0 Å². The summed E-state index contributed by atoms with van der Waals surface area (Å²) >= 11 is 5.60. The minimum atomic E-state index is -4.53. The van der Waals surface area contributed by atoms with Crippen LogP contribution in [0.4, 0.5) is 42.2 Å². The third-order valence-corrected chi connectivity index (χ3v) is 5.28. The number of nitrogens with one attached hydrogen (secondary N) is 1. The average molecular weight is 577 g/mol. The van der Waals surface area contributed by atoms with Crippen molar-refractivity contribution >= 4 is 34.7 Å². The molecule has 0 bridgehead atoms. The second kappa shape index (κ2) is 9.87. The summed E-state index contributed by atoms with van der Waals surface area (Å²) in [4.78, 5) is 18.5. The lowest BCUT2D eigenvalue weighted by atomic mass is 10.3. The molecule has 0 aliphatic carbocycles. The van der Waals surface area contributed by atoms with Gasteiger partial charge in [0.25, 0.3) is 11.6 Å². The van der Waals surface area contributed by atoms with Gasteiger partial charge in [0.1, 0.15) is 11.5 Å². The van der Waals surface area contributed by atoms with Crippen molar-refractivity contribution in [3.8, 4) is 0 Å². The van der Waals surface area contributed by atoms with Crippen molar-refractivity contribution in [1.29, 1.82) is 0 Å². The van der Waals surface area contributed by atoms with E-state index in [0.717, 1.165) is 27.4 Å². The van der Waals surface area contributed by atoms with Gasteiger partial charge in [-0.1, -0.05) is 11.6 Å². The number of hydrogen-bond acceptors (Lipinski definition) is 8. The first-order valence-electron chi connectivity index (χ1n) is 10.7. The van der Waals surface area contributed by atoms with E-state index < -0.39 is 40.4 Å². The van der Waals surface area contributed by atoms with Crippen LogP contribution in [0.1, 0.15) is 35.7 Å². The fourth-order valence-electron chi connectivity index (χ4n) is 3.10. The maximum atomic E-state index is 14.3. The number of anilines is 2. The van der Waals surface area contributed by atoms with Crippen molar-refractivity contribution in [3.05, 3.63) is 63.8 Å². The Hall–Kier alpha value is -4.15. The van der Waals surface area contributed by atoms with Gasteiger partial charge in [0.2, 0.25) is 5.82 Å². The molecular formula is C21H16ClF7N10. The Balaban J connectivity index is 0.000000193. The highest BCUT2D eigenvalue weighted by Gasteiger charge is 2.32. The number of aryl methyl sites for hydroxylation is 3. The molecule has 0 radical (unpaired) electrons. The molecule has 0 unspecified atom stereocenters. The van der Waals surface area contributed by atoms with Crippen LogP contribution >= 0.6 is 11.6 Å². The highest BCUT2D eigenvalue weighted by atomic mass is 35.5. The Morgan fingerprint density at radius 1 is 0.821 bits per heavy atom. The van der Waals surface area contributed by atoms with E-state index >= 15 is 0 Å². The molecule has 0 fully saturated rings. The third kappa shape index (κ3) is 5.67. The minimum Gasteiger partial charge on any atom is -0.336 e. The SMILES string of the molecule is Cc1nc2nc(C(C)(F)F)nn2c(Cl)c1F.Cc1nc2nc(C)c(F)c(Nc3ccc(C(F)(F)F)nc3)n2n1. The largest absolute Gasteiger partial charge is 0.433 e. The van der Waals surface area contributed by atoms with Crippen LogP contribution in [-0.2, 0) is 12.1 Å². The predicted octanol–water partition coefficient (Wildman–Crippen LogP) is 5.37. The Kier molecular flexibility index (Phi) is 7.05. The number of nitrogens with zero attached hydrogens (tertiary/aromatic N) is 9. The molecular weight excluding hydrogens is 561 g/mol. The van der Waals surface area contributed by atoms with E-state index in [9.17, 15) is 30.7 Å². The van der Waals surface area contributed by atoms with E-state index in [0.29, 0.717) is 12.7 Å². The van der Waals surface area contributed by atoms with Gasteiger partial charge in [-0.15, -0.1) is 10.2 Å². The molecule has 0 amide bonds. The third-order valence-electron chi connectivity index (χ3n) is 4.95. The van der Waals surface area contributed by atoms with Crippen molar-refractivity contribution in [3.63, 3.8) is 0 Å². The monoisotopic (exact) mass is 576 g/mol. The fourth-order valence-corrected chi connectivity index (χ4v) is 3.36. The van der Waals surface area contributed by atoms with E-state index in [-0.39, 0.29) is 34.4 Å². The van der Waals surface area contributed by atoms with E-state index in [4.69, 9.17) is 11.6 Å². The van der Waals surface area contributed by atoms with Crippen molar-refractivity contribution in [2.24, 2.45) is 0 Å². The number of alkyl halides is 5. The van der Waals surface area contributed by atoms with Crippen molar-refractivity contribution in [1.82, 2.24) is 44.1 Å². The summed E-state index contributed by atoms with van der Waals surface area (Å²) in [5.74, 6) is -5.10. The zero-order valence-corrected chi connectivity index (χ0v) is 21.0. The highest BCUT2D eigenvalue weighted by molar-refractivity contribution is 6.29. The zero-order valence-electron chi connectivity index (χ0n) is 20.3. The maximum absolute atomic E-state index is 14.3. The molecule has 18 heteroatoms. The second-order valence-corrected chi connectivity index (χ2v) is 8.48. The van der Waals surface area contributed by atoms with Gasteiger partial charge >= 0.3 is 12.1 Å². The number of fused-ring (bicyclic) bond motifs is 2. The van der Waals surface area contributed by atoms with Crippen LogP contribution in [0.2, 0.25) is 5.15 Å². The molecule has 1 N–H and O–H groups in total. The van der Waals surface area contributed by atoms with Crippen LogP contribution in [0.25, 0.3) is 11.6 Å². The van der Waals surface area contributed by atoms with Crippen molar-refractivity contribution < 1.29 is 30.7 Å². The molecule has 0 aromatic carbocycles. The number of halogens is 8. The molecule has 5 aromatic rings. The topological polar surface area (TPSA) is 111 Å². The normalized spacial score (nSPS) is 12.1. The summed E-state index contributed by atoms with van der Waals surface area (Å²) < 4.78 is 92.8. The van der Waals surface area contributed by atoms with Gasteiger partial charge in [-0.2, -0.15) is 41.0 Å². The van der Waals surface area contributed by atoms with Crippen LogP contribution in [0.3, 0.4) is 0 Å². The number of rotatable bonds is 3. The quantitative estimate of drug-likeness (QED) is 0.225. The average Bonchev–Trinajstić information content (AvgIpc) is 3.44. The summed E-state index contributed by atoms with van der Waals surface area (Å²) in [6.07, 6.45) is -3.57. The summed E-state index contributed by atoms with van der Waals surface area (Å²) in [6.45, 7) is 5.07. The van der Waals surface area contributed by atoms with Gasteiger partial charge in [0.05, 0.1) is 23.3 Å². The molecule has 206 valence electrons. The van der Waals surface area contributed by atoms with E-state index in [1.165, 1.54) is 13.8 Å². The van der Waals surface area contributed by atoms with Crippen molar-refractivity contribution in [2.75, 3.05) is 5.32 Å². The minimum absolute atomic E-state index is 0.0177. The summed E-state index contributed by atoms with van der Waals surface area (Å²) in [5.41, 5.74) is -0.781. The first-order chi connectivity index (χ1) is 18.1. The lowest BCUT2D eigenvalue weighted by molar-refractivity contribution is -0.141. The number of aromatic nitrogens is 9. The predicted molar refractivity (Wildman–Crippen MR) is 123 cm³/mol. The van der Waals surface area contributed by atoms with Gasteiger partial charge in [-0.05, 0) is 32.9 Å². The lowest BCUT2D eigenvalue weighted by Crippen LogP contribution is -2.09. The van der Waals surface area contributed by atoms with Gasteiger partial charge in [0.15, 0.2) is 22.6 Å². The van der Waals surface area contributed by atoms with Gasteiger partial charge in [-0.3, -0.25) is 0 Å². The molecule has 0 aliphatic heterocycles. The fraction of sp³-hybridized carbons (Fsp3) is 0.286. The van der Waals surface area contributed by atoms with Gasteiger partial charge < -0.3 is 5.32 Å². The molecule has 0 saturated heterocycles. The molecule has 0 saturated carbocycles. The van der Waals surface area contributed by atoms with E-state index in [1.54, 1.807) is 6.92 Å². The smallest absolute Gasteiger partial charge is 0.336 e. The van der Waals surface area contributed by atoms with Crippen LogP contribution in [0, 0.1) is 32.4 Å². The van der Waals surface area contributed by atoms with E-state index in [1.807, 2.05) is 0 Å². The molecule has 5 heterocycles. The Bertz CT molecular complexity index is 1670. The molecule has 0 atom stereocenters. The Morgan fingerprint density at radius 3 is 2.00 bits per heavy atom. The number of hydrogen-bond donors (Lipinski definition) is 1. The summed E-state index contributed by atoms with van der Waals surface area (Å²) in [6, 6.07) is 1.96. The molecule has 10 nitrogen and oxygen atoms in total. The van der Waals surface area contributed by atoms with Gasteiger partial charge in [0, 0.05) is 6.92 Å². The standard InChI is InChI=1S/C13H10F4N6.C8H6ClF3N4/c1-6-10(14)11(23-12(19-6)20-7(2)22-23)21-8-3-4-9(18-5-8)13(15,16)17;1-3-4(10)5(9)16-7(13-3)14-6(15-16)8(2,11)12/h3-5,21H,1-2H3;1-2H3. The summed E-state index contributed by atoms with van der Waals surface area (Å²) in [7, 11) is 0. The Morgan fingerprint density at radius 2 is 1.44 bits per heavy atom. The number of pyridine rings is 1. The van der Waals surface area contributed by atoms with Crippen LogP contribution < -0.4 is 5.32 Å². The molecule has 5 rings (SSSR count). The second-order valence-electron chi connectivity index (χ2n) is 8.12. The molecule has 5 aromatic heterocycles. The highest BCUT2D eigenvalue weighted by Crippen LogP contribution is 2.29. The van der Waals surface area contributed by atoms with Crippen LogP contribution in [0.15, 0.2) is 18.3 Å². The summed E-state index contributed by atoms with van der Waals surface area (Å²) in [5, 5.41) is 9.67. The van der Waals surface area contributed by atoms with Crippen molar-refractivity contribution in [2.45, 2.75) is 39.8 Å². The molecule has 39 heavy (non-hydrogen) atoms. The maximum Gasteiger partial charge on any atom is 0.433 e. The zero-order chi connectivity index (χ0) is 28.9. The van der Waals surface area contributed by atoms with Gasteiger partial charge in [-0.25, -0.2) is 23.7 Å². The molecule has 0 aliphatic rings. The van der Waals surface area contributed by atoms with Crippen LogP contribution in [-0.4, -0.2) is 44.1 Å². The Labute approximate surface area is 218 Å². The van der Waals surface area contributed by atoms with E-state index in [2.05, 4.69) is 40.4 Å².